The van der Waals surface area contributed by atoms with Crippen LogP contribution in [0.4, 0.5) is 4.39 Å². The summed E-state index contributed by atoms with van der Waals surface area (Å²) in [5.41, 5.74) is 1.36. The zero-order valence-electron chi connectivity index (χ0n) is 19.9. The maximum Gasteiger partial charge on any atom is 0.263 e. The van der Waals surface area contributed by atoms with E-state index in [0.29, 0.717) is 43.4 Å². The Balaban J connectivity index is 1.27. The Morgan fingerprint density at radius 3 is 2.57 bits per heavy atom. The Morgan fingerprint density at radius 1 is 1.19 bits per heavy atom. The number of carbonyl (C=O) groups is 1. The minimum absolute atomic E-state index is 0.0439. The molecule has 0 saturated carbocycles. The second-order valence-corrected chi connectivity index (χ2v) is 12.0. The van der Waals surface area contributed by atoms with Gasteiger partial charge in [-0.05, 0) is 55.5 Å². The van der Waals surface area contributed by atoms with Gasteiger partial charge in [0.1, 0.15) is 22.8 Å². The van der Waals surface area contributed by atoms with Crippen molar-refractivity contribution in [2.45, 2.75) is 30.6 Å². The maximum atomic E-state index is 14.5. The molecule has 37 heavy (non-hydrogen) atoms. The van der Waals surface area contributed by atoms with Gasteiger partial charge in [0.05, 0.1) is 22.0 Å². The van der Waals surface area contributed by atoms with Gasteiger partial charge in [0.25, 0.3) is 15.9 Å². The van der Waals surface area contributed by atoms with Crippen LogP contribution in [0.5, 0.6) is 0 Å². The van der Waals surface area contributed by atoms with Crippen molar-refractivity contribution in [3.05, 3.63) is 70.2 Å². The molecule has 0 unspecified atom stereocenters. The highest BCUT2D eigenvalue weighted by molar-refractivity contribution is 8.15. The van der Waals surface area contributed by atoms with Crippen LogP contribution < -0.4 is 4.72 Å². The molecule has 0 bridgehead atoms. The second kappa shape index (κ2) is 10.5. The maximum absolute atomic E-state index is 14.5. The second-order valence-electron chi connectivity index (χ2n) is 8.84. The van der Waals surface area contributed by atoms with Gasteiger partial charge in [-0.25, -0.2) is 12.8 Å². The molecule has 3 aromatic rings. The van der Waals surface area contributed by atoms with Gasteiger partial charge < -0.3 is 9.42 Å². The van der Waals surface area contributed by atoms with Crippen LogP contribution in [-0.4, -0.2) is 54.9 Å². The lowest BCUT2D eigenvalue weighted by atomic mass is 9.89. The van der Waals surface area contributed by atoms with Gasteiger partial charge in [0.15, 0.2) is 5.17 Å². The number of hydrogen-bond donors (Lipinski definition) is 1. The Labute approximate surface area is 223 Å². The van der Waals surface area contributed by atoms with Crippen molar-refractivity contribution < 1.29 is 22.1 Å². The van der Waals surface area contributed by atoms with Gasteiger partial charge in [0, 0.05) is 18.8 Å². The molecule has 8 nitrogen and oxygen atoms in total. The third kappa shape index (κ3) is 5.25. The molecule has 1 amide bonds. The Morgan fingerprint density at radius 2 is 1.92 bits per heavy atom. The fourth-order valence-corrected chi connectivity index (χ4v) is 6.87. The van der Waals surface area contributed by atoms with E-state index in [4.69, 9.17) is 16.1 Å². The quantitative estimate of drug-likeness (QED) is 0.477. The minimum Gasteiger partial charge on any atom is -0.360 e. The monoisotopic (exact) mass is 562 g/mol. The zero-order chi connectivity index (χ0) is 26.2. The molecular weight excluding hydrogens is 539 g/mol. The van der Waals surface area contributed by atoms with E-state index in [2.05, 4.69) is 14.9 Å². The highest BCUT2D eigenvalue weighted by Gasteiger charge is 2.31. The van der Waals surface area contributed by atoms with Crippen molar-refractivity contribution in [1.82, 2.24) is 14.8 Å². The normalized spacial score (nSPS) is 16.6. The number of nitrogens with one attached hydrogen (secondary N) is 1. The molecule has 2 aromatic carbocycles. The number of aliphatic imine (C=N–C) groups is 1. The number of piperidine rings is 1. The fraction of sp³-hybridized carbons (Fsp3) is 0.320. The first kappa shape index (κ1) is 25.7. The molecule has 2 aliphatic heterocycles. The summed E-state index contributed by atoms with van der Waals surface area (Å²) in [4.78, 5) is 19.4. The molecular formula is C25H24ClFN4O4S2. The van der Waals surface area contributed by atoms with Crippen molar-refractivity contribution in [3.8, 4) is 11.3 Å². The van der Waals surface area contributed by atoms with Crippen LogP contribution in [0.15, 0.2) is 56.9 Å². The molecule has 0 radical (unpaired) electrons. The van der Waals surface area contributed by atoms with Crippen molar-refractivity contribution in [3.63, 3.8) is 0 Å². The summed E-state index contributed by atoms with van der Waals surface area (Å²) in [5.74, 6) is 0.379. The van der Waals surface area contributed by atoms with Crippen molar-refractivity contribution in [2.24, 2.45) is 4.99 Å². The zero-order valence-corrected chi connectivity index (χ0v) is 22.3. The summed E-state index contributed by atoms with van der Waals surface area (Å²) in [7, 11) is -3.68. The molecule has 1 N–H and O–H groups in total. The van der Waals surface area contributed by atoms with Gasteiger partial charge in [-0.2, -0.15) is 0 Å². The lowest BCUT2D eigenvalue weighted by molar-refractivity contribution is 0.0712. The summed E-state index contributed by atoms with van der Waals surface area (Å²) in [6.45, 7) is 3.19. The largest absolute Gasteiger partial charge is 0.360 e. The van der Waals surface area contributed by atoms with Crippen LogP contribution in [0.2, 0.25) is 5.02 Å². The van der Waals surface area contributed by atoms with Crippen molar-refractivity contribution in [1.29, 1.82) is 0 Å². The van der Waals surface area contributed by atoms with E-state index in [0.717, 1.165) is 11.3 Å². The van der Waals surface area contributed by atoms with Crippen LogP contribution >= 0.6 is 23.4 Å². The number of benzene rings is 2. The van der Waals surface area contributed by atoms with E-state index in [1.165, 1.54) is 30.0 Å². The predicted molar refractivity (Wildman–Crippen MR) is 141 cm³/mol. The first-order chi connectivity index (χ1) is 17.7. The first-order valence-electron chi connectivity index (χ1n) is 11.7. The third-order valence-electron chi connectivity index (χ3n) is 6.53. The topological polar surface area (TPSA) is 105 Å². The molecule has 5 rings (SSSR count). The molecule has 1 fully saturated rings. The number of amides is 1. The van der Waals surface area contributed by atoms with Crippen molar-refractivity contribution >= 4 is 44.5 Å². The van der Waals surface area contributed by atoms with Crippen LogP contribution in [0.3, 0.4) is 0 Å². The highest BCUT2D eigenvalue weighted by Crippen LogP contribution is 2.35. The lowest BCUT2D eigenvalue weighted by Crippen LogP contribution is -2.38. The van der Waals surface area contributed by atoms with Gasteiger partial charge in [0.2, 0.25) is 0 Å². The number of nitrogens with zero attached hydrogens (tertiary/aromatic N) is 3. The molecule has 0 spiro atoms. The molecule has 3 heterocycles. The van der Waals surface area contributed by atoms with E-state index in [-0.39, 0.29) is 38.6 Å². The Hall–Kier alpha value is -2.89. The summed E-state index contributed by atoms with van der Waals surface area (Å²) in [6.07, 6.45) is 1.40. The highest BCUT2D eigenvalue weighted by atomic mass is 35.5. The fourth-order valence-electron chi connectivity index (χ4n) is 4.58. The number of sulfonamides is 1. The smallest absolute Gasteiger partial charge is 0.263 e. The summed E-state index contributed by atoms with van der Waals surface area (Å²) in [5, 5.41) is 4.51. The Bertz CT molecular complexity index is 1450. The predicted octanol–water partition coefficient (Wildman–Crippen LogP) is 4.84. The first-order valence-corrected chi connectivity index (χ1v) is 14.6. The number of amidine groups is 1. The number of halogens is 2. The van der Waals surface area contributed by atoms with Gasteiger partial charge in [-0.3, -0.25) is 14.5 Å². The van der Waals surface area contributed by atoms with Gasteiger partial charge in [-0.1, -0.05) is 46.7 Å². The molecule has 2 aliphatic rings. The molecule has 0 atom stereocenters. The van der Waals surface area contributed by atoms with E-state index in [1.54, 1.807) is 24.0 Å². The number of likely N-dealkylation sites (tertiary alicyclic amines) is 1. The van der Waals surface area contributed by atoms with Crippen LogP contribution in [0.1, 0.15) is 40.4 Å². The summed E-state index contributed by atoms with van der Waals surface area (Å²) < 4.78 is 47.5. The number of hydrogen-bond acceptors (Lipinski definition) is 7. The SMILES string of the molecule is Cc1onc(-c2c(F)cccc2Cl)c1C(=O)N1CCC(c2ccc(S(=O)(=O)NC3=NCCS3)cc2)CC1. The van der Waals surface area contributed by atoms with Gasteiger partial charge >= 0.3 is 0 Å². The third-order valence-corrected chi connectivity index (χ3v) is 9.22. The number of aryl methyl sites for hydroxylation is 1. The number of thioether (sulfide) groups is 1. The van der Waals surface area contributed by atoms with E-state index < -0.39 is 15.8 Å². The summed E-state index contributed by atoms with van der Waals surface area (Å²) >= 11 is 7.59. The van der Waals surface area contributed by atoms with Gasteiger partial charge in [-0.15, -0.1) is 0 Å². The molecule has 1 saturated heterocycles. The number of aromatic nitrogens is 1. The van der Waals surface area contributed by atoms with E-state index in [1.807, 2.05) is 12.1 Å². The molecule has 1 aromatic heterocycles. The molecule has 12 heteroatoms. The lowest BCUT2D eigenvalue weighted by Gasteiger charge is -2.32. The number of rotatable bonds is 5. The summed E-state index contributed by atoms with van der Waals surface area (Å²) in [6, 6.07) is 11.1. The molecule has 0 aliphatic carbocycles. The minimum atomic E-state index is -3.68. The molecule has 194 valence electrons. The van der Waals surface area contributed by atoms with Crippen LogP contribution in [0, 0.1) is 12.7 Å². The van der Waals surface area contributed by atoms with Crippen molar-refractivity contribution in [2.75, 3.05) is 25.4 Å². The standard InChI is InChI=1S/C25H24ClFN4O4S2/c1-15-21(23(29-35-15)22-19(26)3-2-4-20(22)27)24(32)31-12-9-17(10-13-31)16-5-7-18(8-6-16)37(33,34)30-25-28-11-14-36-25/h2-8,17H,9-14H2,1H3,(H,28,30). The number of carbonyl (C=O) groups excluding carboxylic acids is 1. The Kier molecular flexibility index (Phi) is 7.28. The van der Waals surface area contributed by atoms with E-state index in [9.17, 15) is 17.6 Å². The average molecular weight is 563 g/mol. The van der Waals surface area contributed by atoms with E-state index >= 15 is 0 Å². The van der Waals surface area contributed by atoms with Crippen LogP contribution in [0.25, 0.3) is 11.3 Å². The van der Waals surface area contributed by atoms with Crippen LogP contribution in [-0.2, 0) is 10.0 Å². The average Bonchev–Trinajstić information content (AvgIpc) is 3.53.